The molecule has 1 aromatic rings. The quantitative estimate of drug-likeness (QED) is 0.620. The summed E-state index contributed by atoms with van der Waals surface area (Å²) in [6.45, 7) is 5.64. The number of guanidine groups is 1. The molecular formula is C19H31FN4. The molecule has 1 saturated carbocycles. The molecule has 134 valence electrons. The van der Waals surface area contributed by atoms with E-state index in [4.69, 9.17) is 0 Å². The standard InChI is InChI=1S/C19H31FN4/c1-14-9-10-16(13-18(14)20)15(2)23-19(21-3)22-11-12-24(4)17-7-5-6-8-17/h9-10,13,15,17H,5-8,11-12H2,1-4H3,(H2,21,22,23). The van der Waals surface area contributed by atoms with Crippen LogP contribution >= 0.6 is 0 Å². The molecule has 1 atom stereocenters. The van der Waals surface area contributed by atoms with Crippen molar-refractivity contribution in [2.75, 3.05) is 27.2 Å². The van der Waals surface area contributed by atoms with Crippen molar-refractivity contribution < 1.29 is 4.39 Å². The zero-order chi connectivity index (χ0) is 17.5. The monoisotopic (exact) mass is 334 g/mol. The average molecular weight is 334 g/mol. The third-order valence-corrected chi connectivity index (χ3v) is 4.98. The second kappa shape index (κ2) is 9.02. The van der Waals surface area contributed by atoms with E-state index in [1.807, 2.05) is 19.1 Å². The van der Waals surface area contributed by atoms with Gasteiger partial charge in [-0.25, -0.2) is 4.39 Å². The Bertz CT molecular complexity index is 552. The molecule has 4 nitrogen and oxygen atoms in total. The maximum Gasteiger partial charge on any atom is 0.191 e. The molecule has 1 unspecified atom stereocenters. The number of likely N-dealkylation sites (N-methyl/N-ethyl adjacent to an activating group) is 1. The second-order valence-electron chi connectivity index (χ2n) is 6.79. The fourth-order valence-corrected chi connectivity index (χ4v) is 3.24. The van der Waals surface area contributed by atoms with Crippen molar-refractivity contribution in [3.63, 3.8) is 0 Å². The molecule has 0 aliphatic heterocycles. The van der Waals surface area contributed by atoms with E-state index in [0.29, 0.717) is 5.56 Å². The van der Waals surface area contributed by atoms with Gasteiger partial charge >= 0.3 is 0 Å². The predicted molar refractivity (Wildman–Crippen MR) is 98.9 cm³/mol. The van der Waals surface area contributed by atoms with Crippen molar-refractivity contribution in [1.82, 2.24) is 15.5 Å². The van der Waals surface area contributed by atoms with E-state index in [1.165, 1.54) is 25.7 Å². The summed E-state index contributed by atoms with van der Waals surface area (Å²) in [4.78, 5) is 6.71. The fourth-order valence-electron chi connectivity index (χ4n) is 3.24. The number of benzene rings is 1. The van der Waals surface area contributed by atoms with Gasteiger partial charge in [-0.15, -0.1) is 0 Å². The van der Waals surface area contributed by atoms with E-state index in [9.17, 15) is 4.39 Å². The molecule has 5 heteroatoms. The molecule has 1 aliphatic carbocycles. The minimum absolute atomic E-state index is 0.00105. The number of hydrogen-bond acceptors (Lipinski definition) is 2. The van der Waals surface area contributed by atoms with Gasteiger partial charge in [-0.3, -0.25) is 4.99 Å². The smallest absolute Gasteiger partial charge is 0.191 e. The highest BCUT2D eigenvalue weighted by atomic mass is 19.1. The number of hydrogen-bond donors (Lipinski definition) is 2. The molecule has 0 amide bonds. The van der Waals surface area contributed by atoms with Crippen LogP contribution in [0, 0.1) is 12.7 Å². The molecule has 1 fully saturated rings. The third kappa shape index (κ3) is 5.20. The molecule has 0 heterocycles. The summed E-state index contributed by atoms with van der Waals surface area (Å²) in [5.41, 5.74) is 1.59. The van der Waals surface area contributed by atoms with Crippen molar-refractivity contribution in [2.24, 2.45) is 4.99 Å². The lowest BCUT2D eigenvalue weighted by Gasteiger charge is -2.25. The van der Waals surface area contributed by atoms with Gasteiger partial charge < -0.3 is 15.5 Å². The lowest BCUT2D eigenvalue weighted by Crippen LogP contribution is -2.43. The zero-order valence-electron chi connectivity index (χ0n) is 15.4. The maximum atomic E-state index is 13.7. The van der Waals surface area contributed by atoms with E-state index in [1.54, 1.807) is 20.0 Å². The molecule has 0 aromatic heterocycles. The van der Waals surface area contributed by atoms with Crippen molar-refractivity contribution in [2.45, 2.75) is 51.6 Å². The molecule has 0 bridgehead atoms. The first-order valence-corrected chi connectivity index (χ1v) is 8.94. The van der Waals surface area contributed by atoms with Crippen molar-refractivity contribution >= 4 is 5.96 Å². The first-order chi connectivity index (χ1) is 11.5. The van der Waals surface area contributed by atoms with Crippen molar-refractivity contribution in [3.05, 3.63) is 35.1 Å². The Morgan fingerprint density at radius 1 is 1.38 bits per heavy atom. The summed E-state index contributed by atoms with van der Waals surface area (Å²) in [6.07, 6.45) is 5.35. The summed E-state index contributed by atoms with van der Waals surface area (Å²) >= 11 is 0. The summed E-state index contributed by atoms with van der Waals surface area (Å²) in [7, 11) is 3.96. The highest BCUT2D eigenvalue weighted by Crippen LogP contribution is 2.21. The summed E-state index contributed by atoms with van der Waals surface area (Å²) in [5, 5.41) is 6.68. The molecule has 24 heavy (non-hydrogen) atoms. The highest BCUT2D eigenvalue weighted by molar-refractivity contribution is 5.80. The van der Waals surface area contributed by atoms with Crippen LogP contribution in [0.25, 0.3) is 0 Å². The number of aryl methyl sites for hydroxylation is 1. The molecule has 2 N–H and O–H groups in total. The van der Waals surface area contributed by atoms with E-state index >= 15 is 0 Å². The van der Waals surface area contributed by atoms with Crippen LogP contribution < -0.4 is 10.6 Å². The Balaban J connectivity index is 1.79. The SMILES string of the molecule is CN=C(NCCN(C)C1CCCC1)NC(C)c1ccc(C)c(F)c1. The molecule has 2 rings (SSSR count). The van der Waals surface area contributed by atoms with Crippen LogP contribution in [0.5, 0.6) is 0 Å². The predicted octanol–water partition coefficient (Wildman–Crippen LogP) is 3.23. The van der Waals surface area contributed by atoms with Crippen LogP contribution in [0.2, 0.25) is 0 Å². The van der Waals surface area contributed by atoms with Gasteiger partial charge in [0.15, 0.2) is 5.96 Å². The van der Waals surface area contributed by atoms with Gasteiger partial charge in [-0.2, -0.15) is 0 Å². The second-order valence-corrected chi connectivity index (χ2v) is 6.79. The number of nitrogens with zero attached hydrogens (tertiary/aromatic N) is 2. The molecule has 1 aromatic carbocycles. The summed E-state index contributed by atoms with van der Waals surface area (Å²) in [6, 6.07) is 6.09. The van der Waals surface area contributed by atoms with E-state index in [2.05, 4.69) is 27.6 Å². The minimum Gasteiger partial charge on any atom is -0.355 e. The Kier molecular flexibility index (Phi) is 7.03. The normalized spacial score (nSPS) is 17.3. The Morgan fingerprint density at radius 2 is 2.08 bits per heavy atom. The van der Waals surface area contributed by atoms with Gasteiger partial charge in [0, 0.05) is 26.2 Å². The summed E-state index contributed by atoms with van der Waals surface area (Å²) < 4.78 is 13.7. The van der Waals surface area contributed by atoms with Crippen LogP contribution in [0.3, 0.4) is 0 Å². The van der Waals surface area contributed by atoms with Gasteiger partial charge in [-0.1, -0.05) is 25.0 Å². The Labute approximate surface area is 145 Å². The average Bonchev–Trinajstić information content (AvgIpc) is 3.10. The first kappa shape index (κ1) is 18.7. The van der Waals surface area contributed by atoms with E-state index in [0.717, 1.165) is 30.7 Å². The third-order valence-electron chi connectivity index (χ3n) is 4.98. The Hall–Kier alpha value is -1.62. The lowest BCUT2D eigenvalue weighted by molar-refractivity contribution is 0.249. The zero-order valence-corrected chi connectivity index (χ0v) is 15.4. The number of halogens is 1. The topological polar surface area (TPSA) is 39.7 Å². The molecule has 0 spiro atoms. The molecule has 0 radical (unpaired) electrons. The molecule has 0 saturated heterocycles. The molecule has 1 aliphatic rings. The number of aliphatic imine (C=N–C) groups is 1. The highest BCUT2D eigenvalue weighted by Gasteiger charge is 2.19. The van der Waals surface area contributed by atoms with Gasteiger partial charge in [-0.05, 0) is 50.9 Å². The van der Waals surface area contributed by atoms with Gasteiger partial charge in [0.05, 0.1) is 6.04 Å². The van der Waals surface area contributed by atoms with Gasteiger partial charge in [0.2, 0.25) is 0 Å². The van der Waals surface area contributed by atoms with E-state index in [-0.39, 0.29) is 11.9 Å². The van der Waals surface area contributed by atoms with Gasteiger partial charge in [0.1, 0.15) is 5.82 Å². The van der Waals surface area contributed by atoms with Crippen LogP contribution in [0.4, 0.5) is 4.39 Å². The van der Waals surface area contributed by atoms with Gasteiger partial charge in [0.25, 0.3) is 0 Å². The Morgan fingerprint density at radius 3 is 2.71 bits per heavy atom. The lowest BCUT2D eigenvalue weighted by atomic mass is 10.1. The van der Waals surface area contributed by atoms with E-state index < -0.39 is 0 Å². The van der Waals surface area contributed by atoms with Crippen molar-refractivity contribution in [1.29, 1.82) is 0 Å². The maximum absolute atomic E-state index is 13.7. The van der Waals surface area contributed by atoms with Crippen molar-refractivity contribution in [3.8, 4) is 0 Å². The first-order valence-electron chi connectivity index (χ1n) is 8.94. The number of nitrogens with one attached hydrogen (secondary N) is 2. The van der Waals surface area contributed by atoms with Crippen LogP contribution in [0.1, 0.15) is 49.8 Å². The molecular weight excluding hydrogens is 303 g/mol. The van der Waals surface area contributed by atoms with Crippen LogP contribution in [-0.4, -0.2) is 44.1 Å². The minimum atomic E-state index is -0.165. The van der Waals surface area contributed by atoms with Crippen LogP contribution in [0.15, 0.2) is 23.2 Å². The largest absolute Gasteiger partial charge is 0.355 e. The summed E-state index contributed by atoms with van der Waals surface area (Å²) in [5.74, 6) is 0.589. The number of rotatable bonds is 6. The fraction of sp³-hybridized carbons (Fsp3) is 0.632. The van der Waals surface area contributed by atoms with Crippen LogP contribution in [-0.2, 0) is 0 Å².